The average molecular weight is 291 g/mol. The number of nitrogens with one attached hydrogen (secondary N) is 2. The summed E-state index contributed by atoms with van der Waals surface area (Å²) in [5.41, 5.74) is 1.38. The molecular formula is C13H13N3O3S. The molecule has 7 heteroatoms. The summed E-state index contributed by atoms with van der Waals surface area (Å²) in [6.45, 7) is 1.96. The SMILES string of the molecule is Cc1nsc(NC(=O)NCc2ccccc2)c1C(=O)O. The van der Waals surface area contributed by atoms with E-state index in [9.17, 15) is 9.59 Å². The number of amides is 2. The van der Waals surface area contributed by atoms with E-state index < -0.39 is 12.0 Å². The zero-order chi connectivity index (χ0) is 14.5. The largest absolute Gasteiger partial charge is 0.478 e. The molecule has 3 N–H and O–H groups in total. The number of aryl methyl sites for hydroxylation is 1. The van der Waals surface area contributed by atoms with E-state index in [4.69, 9.17) is 5.11 Å². The Morgan fingerprint density at radius 2 is 2.00 bits per heavy atom. The number of carboxylic acid groups (broad SMARTS) is 1. The first-order valence-electron chi connectivity index (χ1n) is 5.86. The monoisotopic (exact) mass is 291 g/mol. The van der Waals surface area contributed by atoms with Crippen LogP contribution in [0.15, 0.2) is 30.3 Å². The maximum atomic E-state index is 11.7. The molecular weight excluding hydrogens is 278 g/mol. The van der Waals surface area contributed by atoms with Crippen molar-refractivity contribution < 1.29 is 14.7 Å². The van der Waals surface area contributed by atoms with Crippen molar-refractivity contribution in [2.45, 2.75) is 13.5 Å². The summed E-state index contributed by atoms with van der Waals surface area (Å²) in [6.07, 6.45) is 0. The van der Waals surface area contributed by atoms with Crippen LogP contribution in [0.1, 0.15) is 21.6 Å². The third kappa shape index (κ3) is 3.33. The molecule has 0 unspecified atom stereocenters. The summed E-state index contributed by atoms with van der Waals surface area (Å²) in [5.74, 6) is -1.10. The first-order valence-corrected chi connectivity index (χ1v) is 6.63. The number of rotatable bonds is 4. The summed E-state index contributed by atoms with van der Waals surface area (Å²) < 4.78 is 3.93. The minimum atomic E-state index is -1.10. The van der Waals surface area contributed by atoms with Crippen molar-refractivity contribution in [3.63, 3.8) is 0 Å². The van der Waals surface area contributed by atoms with Crippen LogP contribution in [0.5, 0.6) is 0 Å². The summed E-state index contributed by atoms with van der Waals surface area (Å²) in [5, 5.41) is 14.5. The van der Waals surface area contributed by atoms with E-state index in [1.54, 1.807) is 6.92 Å². The standard InChI is InChI=1S/C13H13N3O3S/c1-8-10(12(17)18)11(20-16-8)15-13(19)14-7-9-5-3-2-4-6-9/h2-6H,7H2,1H3,(H,17,18)(H2,14,15,19). The van der Waals surface area contributed by atoms with Crippen molar-refractivity contribution in [3.05, 3.63) is 47.2 Å². The quantitative estimate of drug-likeness (QED) is 0.807. The Balaban J connectivity index is 1.97. The molecule has 0 saturated heterocycles. The van der Waals surface area contributed by atoms with Gasteiger partial charge in [0.1, 0.15) is 10.6 Å². The van der Waals surface area contributed by atoms with E-state index in [-0.39, 0.29) is 10.6 Å². The number of carbonyl (C=O) groups excluding carboxylic acids is 1. The van der Waals surface area contributed by atoms with Gasteiger partial charge < -0.3 is 10.4 Å². The number of carbonyl (C=O) groups is 2. The first-order chi connectivity index (χ1) is 9.58. The number of nitrogens with zero attached hydrogens (tertiary/aromatic N) is 1. The summed E-state index contributed by atoms with van der Waals surface area (Å²) in [4.78, 5) is 22.8. The Labute approximate surface area is 119 Å². The first kappa shape index (κ1) is 14.0. The Bertz CT molecular complexity index is 625. The topological polar surface area (TPSA) is 91.3 Å². The number of hydrogen-bond donors (Lipinski definition) is 3. The number of aromatic carboxylic acids is 1. The predicted octanol–water partition coefficient (Wildman–Crippen LogP) is 2.47. The van der Waals surface area contributed by atoms with Gasteiger partial charge in [0.05, 0.1) is 5.69 Å². The molecule has 0 radical (unpaired) electrons. The summed E-state index contributed by atoms with van der Waals surface area (Å²) in [7, 11) is 0. The summed E-state index contributed by atoms with van der Waals surface area (Å²) in [6, 6.07) is 8.97. The van der Waals surface area contributed by atoms with Gasteiger partial charge in [0.2, 0.25) is 0 Å². The fourth-order valence-corrected chi connectivity index (χ4v) is 2.42. The van der Waals surface area contributed by atoms with Gasteiger partial charge in [-0.15, -0.1) is 0 Å². The van der Waals surface area contributed by atoms with Gasteiger partial charge in [-0.1, -0.05) is 30.3 Å². The molecule has 6 nitrogen and oxygen atoms in total. The fraction of sp³-hybridized carbons (Fsp3) is 0.154. The lowest BCUT2D eigenvalue weighted by Crippen LogP contribution is -2.28. The van der Waals surface area contributed by atoms with Gasteiger partial charge in [0.25, 0.3) is 0 Å². The Morgan fingerprint density at radius 3 is 2.65 bits per heavy atom. The lowest BCUT2D eigenvalue weighted by atomic mass is 10.2. The van der Waals surface area contributed by atoms with E-state index in [2.05, 4.69) is 15.0 Å². The third-order valence-corrected chi connectivity index (χ3v) is 3.45. The molecule has 1 aromatic carbocycles. The normalized spacial score (nSPS) is 10.1. The summed E-state index contributed by atoms with van der Waals surface area (Å²) >= 11 is 0.952. The van der Waals surface area contributed by atoms with Gasteiger partial charge in [-0.3, -0.25) is 5.32 Å². The second-order valence-corrected chi connectivity index (χ2v) is 4.84. The number of benzene rings is 1. The van der Waals surface area contributed by atoms with Crippen molar-refractivity contribution in [2.24, 2.45) is 0 Å². The van der Waals surface area contributed by atoms with E-state index in [1.807, 2.05) is 30.3 Å². The fourth-order valence-electron chi connectivity index (χ4n) is 1.63. The van der Waals surface area contributed by atoms with Crippen LogP contribution >= 0.6 is 11.5 Å². The van der Waals surface area contributed by atoms with Gasteiger partial charge in [0.15, 0.2) is 0 Å². The minimum Gasteiger partial charge on any atom is -0.478 e. The maximum absolute atomic E-state index is 11.7. The molecule has 2 aromatic rings. The Hall–Kier alpha value is -2.41. The number of carboxylic acids is 1. The molecule has 0 fully saturated rings. The molecule has 2 amide bonds. The average Bonchev–Trinajstić information content (AvgIpc) is 2.78. The highest BCUT2D eigenvalue weighted by Crippen LogP contribution is 2.24. The molecule has 20 heavy (non-hydrogen) atoms. The van der Waals surface area contributed by atoms with Gasteiger partial charge >= 0.3 is 12.0 Å². The van der Waals surface area contributed by atoms with Crippen LogP contribution in [-0.4, -0.2) is 21.5 Å². The van der Waals surface area contributed by atoms with Crippen molar-refractivity contribution >= 4 is 28.5 Å². The molecule has 104 valence electrons. The van der Waals surface area contributed by atoms with Crippen LogP contribution in [0.4, 0.5) is 9.80 Å². The van der Waals surface area contributed by atoms with Crippen LogP contribution in [-0.2, 0) is 6.54 Å². The zero-order valence-corrected chi connectivity index (χ0v) is 11.5. The van der Waals surface area contributed by atoms with Crippen molar-refractivity contribution in [1.82, 2.24) is 9.69 Å². The third-order valence-electron chi connectivity index (χ3n) is 2.60. The van der Waals surface area contributed by atoms with Gasteiger partial charge in [-0.05, 0) is 24.0 Å². The lowest BCUT2D eigenvalue weighted by Gasteiger charge is -2.06. The van der Waals surface area contributed by atoms with Crippen LogP contribution in [0.3, 0.4) is 0 Å². The van der Waals surface area contributed by atoms with Crippen LogP contribution in [0.25, 0.3) is 0 Å². The maximum Gasteiger partial charge on any atom is 0.340 e. The number of hydrogen-bond acceptors (Lipinski definition) is 4. The van der Waals surface area contributed by atoms with Gasteiger partial charge in [0, 0.05) is 6.54 Å². The van der Waals surface area contributed by atoms with Crippen molar-refractivity contribution in [3.8, 4) is 0 Å². The molecule has 2 rings (SSSR count). The van der Waals surface area contributed by atoms with Crippen LogP contribution in [0, 0.1) is 6.92 Å². The Kier molecular flexibility index (Phi) is 4.31. The highest BCUT2D eigenvalue weighted by molar-refractivity contribution is 7.11. The molecule has 1 heterocycles. The number of urea groups is 1. The van der Waals surface area contributed by atoms with Crippen LogP contribution < -0.4 is 10.6 Å². The van der Waals surface area contributed by atoms with E-state index >= 15 is 0 Å². The zero-order valence-electron chi connectivity index (χ0n) is 10.7. The smallest absolute Gasteiger partial charge is 0.340 e. The Morgan fingerprint density at radius 1 is 1.30 bits per heavy atom. The number of anilines is 1. The van der Waals surface area contributed by atoms with Crippen molar-refractivity contribution in [2.75, 3.05) is 5.32 Å². The lowest BCUT2D eigenvalue weighted by molar-refractivity contribution is 0.0697. The molecule has 0 bridgehead atoms. The molecule has 1 aromatic heterocycles. The molecule has 0 saturated carbocycles. The molecule has 0 atom stereocenters. The molecule has 0 aliphatic rings. The molecule has 0 aliphatic carbocycles. The molecule has 0 aliphatic heterocycles. The predicted molar refractivity (Wildman–Crippen MR) is 76.1 cm³/mol. The van der Waals surface area contributed by atoms with E-state index in [1.165, 1.54) is 0 Å². The second-order valence-electron chi connectivity index (χ2n) is 4.07. The van der Waals surface area contributed by atoms with Crippen molar-refractivity contribution in [1.29, 1.82) is 0 Å². The highest BCUT2D eigenvalue weighted by atomic mass is 32.1. The molecule has 0 spiro atoms. The van der Waals surface area contributed by atoms with Crippen LogP contribution in [0.2, 0.25) is 0 Å². The highest BCUT2D eigenvalue weighted by Gasteiger charge is 2.18. The van der Waals surface area contributed by atoms with Gasteiger partial charge in [-0.2, -0.15) is 4.37 Å². The van der Waals surface area contributed by atoms with Gasteiger partial charge in [-0.25, -0.2) is 9.59 Å². The van der Waals surface area contributed by atoms with E-state index in [0.717, 1.165) is 17.1 Å². The minimum absolute atomic E-state index is 0.0323. The van der Waals surface area contributed by atoms with E-state index in [0.29, 0.717) is 12.2 Å². The number of aromatic nitrogens is 1. The second kappa shape index (κ2) is 6.16.